The third-order valence-corrected chi connectivity index (χ3v) is 3.87. The molecule has 0 spiro atoms. The molecule has 1 amide bonds. The fraction of sp³-hybridized carbons (Fsp3) is 0.400. The molecule has 0 aliphatic heterocycles. The molecule has 0 bridgehead atoms. The Morgan fingerprint density at radius 1 is 1.08 bits per heavy atom. The molecule has 1 aromatic carbocycles. The average molecular weight is 326 g/mol. The summed E-state index contributed by atoms with van der Waals surface area (Å²) in [5.74, 6) is 0.183. The predicted molar refractivity (Wildman–Crippen MR) is 95.5 cm³/mol. The minimum absolute atomic E-state index is 0.183. The highest BCUT2D eigenvalue weighted by atomic mass is 16.5. The van der Waals surface area contributed by atoms with Crippen molar-refractivity contribution in [3.63, 3.8) is 0 Å². The van der Waals surface area contributed by atoms with E-state index >= 15 is 0 Å². The first-order valence-corrected chi connectivity index (χ1v) is 8.58. The first-order chi connectivity index (χ1) is 11.8. The van der Waals surface area contributed by atoms with Crippen molar-refractivity contribution in [2.45, 2.75) is 32.7 Å². The highest BCUT2D eigenvalue weighted by molar-refractivity contribution is 5.76. The second kappa shape index (κ2) is 10.6. The molecule has 4 nitrogen and oxygen atoms in total. The quantitative estimate of drug-likeness (QED) is 0.628. The Hall–Kier alpha value is -2.20. The number of hydrogen-bond donors (Lipinski definition) is 0. The van der Waals surface area contributed by atoms with Gasteiger partial charge in [0.15, 0.2) is 0 Å². The summed E-state index contributed by atoms with van der Waals surface area (Å²) < 4.78 is 5.33. The van der Waals surface area contributed by atoms with E-state index in [1.165, 1.54) is 5.56 Å². The van der Waals surface area contributed by atoms with Gasteiger partial charge in [-0.05, 0) is 43.0 Å². The molecule has 2 rings (SSSR count). The third-order valence-electron chi connectivity index (χ3n) is 3.87. The Morgan fingerprint density at radius 2 is 1.83 bits per heavy atom. The number of pyridine rings is 1. The van der Waals surface area contributed by atoms with Crippen LogP contribution in [0.1, 0.15) is 30.9 Å². The van der Waals surface area contributed by atoms with Gasteiger partial charge in [-0.2, -0.15) is 0 Å². The molecule has 2 aromatic rings. The second-order valence-corrected chi connectivity index (χ2v) is 5.71. The molecule has 4 heteroatoms. The zero-order valence-corrected chi connectivity index (χ0v) is 14.4. The van der Waals surface area contributed by atoms with Gasteiger partial charge in [0.25, 0.3) is 0 Å². The summed E-state index contributed by atoms with van der Waals surface area (Å²) in [5.41, 5.74) is 2.36. The van der Waals surface area contributed by atoms with Crippen molar-refractivity contribution in [3.8, 4) is 0 Å². The van der Waals surface area contributed by atoms with Gasteiger partial charge in [0.2, 0.25) is 5.91 Å². The van der Waals surface area contributed by atoms with Gasteiger partial charge >= 0.3 is 0 Å². The van der Waals surface area contributed by atoms with Crippen LogP contribution in [0.2, 0.25) is 0 Å². The number of carbonyl (C=O) groups is 1. The Morgan fingerprint density at radius 3 is 2.54 bits per heavy atom. The maximum atomic E-state index is 12.6. The summed E-state index contributed by atoms with van der Waals surface area (Å²) in [6.45, 7) is 4.66. The number of ether oxygens (including phenoxy) is 1. The fourth-order valence-electron chi connectivity index (χ4n) is 2.54. The van der Waals surface area contributed by atoms with Gasteiger partial charge in [0.1, 0.15) is 0 Å². The standard InChI is InChI=1S/C20H26N2O2/c1-2-24-16-6-9-20(23)22(17-19-10-13-21-14-11-19)15-12-18-7-4-3-5-8-18/h3-5,7-8,10-11,13-14H,2,6,9,12,15-17H2,1H3. The van der Waals surface area contributed by atoms with Crippen LogP contribution in [0.25, 0.3) is 0 Å². The van der Waals surface area contributed by atoms with Crippen molar-refractivity contribution in [2.24, 2.45) is 0 Å². The summed E-state index contributed by atoms with van der Waals surface area (Å²) in [7, 11) is 0. The van der Waals surface area contributed by atoms with Crippen LogP contribution in [0.4, 0.5) is 0 Å². The Labute approximate surface area is 144 Å². The topological polar surface area (TPSA) is 42.4 Å². The minimum atomic E-state index is 0.183. The van der Waals surface area contributed by atoms with Crippen LogP contribution in [-0.4, -0.2) is 35.5 Å². The van der Waals surface area contributed by atoms with Crippen molar-refractivity contribution < 1.29 is 9.53 Å². The second-order valence-electron chi connectivity index (χ2n) is 5.71. The van der Waals surface area contributed by atoms with Crippen molar-refractivity contribution >= 4 is 5.91 Å². The zero-order chi connectivity index (χ0) is 17.0. The van der Waals surface area contributed by atoms with Crippen molar-refractivity contribution in [1.29, 1.82) is 0 Å². The lowest BCUT2D eigenvalue weighted by molar-refractivity contribution is -0.132. The van der Waals surface area contributed by atoms with Gasteiger partial charge in [-0.25, -0.2) is 0 Å². The first kappa shape index (κ1) is 18.1. The van der Waals surface area contributed by atoms with Crippen molar-refractivity contribution in [1.82, 2.24) is 9.88 Å². The van der Waals surface area contributed by atoms with Crippen LogP contribution in [0, 0.1) is 0 Å². The van der Waals surface area contributed by atoms with Crippen LogP contribution in [0.15, 0.2) is 54.9 Å². The van der Waals surface area contributed by atoms with Crippen molar-refractivity contribution in [3.05, 3.63) is 66.0 Å². The maximum absolute atomic E-state index is 12.6. The highest BCUT2D eigenvalue weighted by Gasteiger charge is 2.14. The summed E-state index contributed by atoms with van der Waals surface area (Å²) in [6, 6.07) is 14.2. The first-order valence-electron chi connectivity index (χ1n) is 8.58. The Balaban J connectivity index is 1.93. The maximum Gasteiger partial charge on any atom is 0.222 e. The number of hydrogen-bond acceptors (Lipinski definition) is 3. The van der Waals surface area contributed by atoms with E-state index in [0.29, 0.717) is 26.2 Å². The summed E-state index contributed by atoms with van der Waals surface area (Å²) in [4.78, 5) is 18.6. The van der Waals surface area contributed by atoms with Gasteiger partial charge in [-0.1, -0.05) is 30.3 Å². The third kappa shape index (κ3) is 6.50. The van der Waals surface area contributed by atoms with Crippen LogP contribution in [-0.2, 0) is 22.5 Å². The monoisotopic (exact) mass is 326 g/mol. The summed E-state index contributed by atoms with van der Waals surface area (Å²) in [6.07, 6.45) is 5.70. The molecule has 128 valence electrons. The fourth-order valence-corrected chi connectivity index (χ4v) is 2.54. The zero-order valence-electron chi connectivity index (χ0n) is 14.4. The van der Waals surface area contributed by atoms with Crippen LogP contribution < -0.4 is 0 Å². The highest BCUT2D eigenvalue weighted by Crippen LogP contribution is 2.09. The normalized spacial score (nSPS) is 10.5. The summed E-state index contributed by atoms with van der Waals surface area (Å²) >= 11 is 0. The molecule has 1 heterocycles. The number of nitrogens with zero attached hydrogens (tertiary/aromatic N) is 2. The van der Waals surface area contributed by atoms with E-state index in [2.05, 4.69) is 17.1 Å². The molecule has 0 saturated carbocycles. The number of carbonyl (C=O) groups excluding carboxylic acids is 1. The molecule has 0 radical (unpaired) electrons. The van der Waals surface area contributed by atoms with E-state index in [1.807, 2.05) is 42.2 Å². The Bertz CT molecular complexity index is 587. The largest absolute Gasteiger partial charge is 0.382 e. The molecule has 0 atom stereocenters. The molecule has 0 aliphatic rings. The molecule has 24 heavy (non-hydrogen) atoms. The van der Waals surface area contributed by atoms with Crippen LogP contribution in [0.3, 0.4) is 0 Å². The number of aromatic nitrogens is 1. The number of amides is 1. The molecule has 0 fully saturated rings. The van der Waals surface area contributed by atoms with Gasteiger partial charge in [0.05, 0.1) is 0 Å². The van der Waals surface area contributed by atoms with Gasteiger partial charge in [-0.3, -0.25) is 9.78 Å². The molecular weight excluding hydrogens is 300 g/mol. The van der Waals surface area contributed by atoms with Crippen LogP contribution in [0.5, 0.6) is 0 Å². The van der Waals surface area contributed by atoms with E-state index in [4.69, 9.17) is 4.74 Å². The smallest absolute Gasteiger partial charge is 0.222 e. The molecule has 0 unspecified atom stereocenters. The van der Waals surface area contributed by atoms with E-state index < -0.39 is 0 Å². The minimum Gasteiger partial charge on any atom is -0.382 e. The van der Waals surface area contributed by atoms with E-state index in [1.54, 1.807) is 12.4 Å². The predicted octanol–water partition coefficient (Wildman–Crippen LogP) is 3.47. The van der Waals surface area contributed by atoms with Crippen molar-refractivity contribution in [2.75, 3.05) is 19.8 Å². The molecule has 0 aliphatic carbocycles. The molecule has 0 N–H and O–H groups in total. The van der Waals surface area contributed by atoms with Gasteiger partial charge in [-0.15, -0.1) is 0 Å². The number of benzene rings is 1. The van der Waals surface area contributed by atoms with Gasteiger partial charge in [0, 0.05) is 45.1 Å². The molecule has 0 saturated heterocycles. The lowest BCUT2D eigenvalue weighted by Gasteiger charge is -2.23. The molecular formula is C20H26N2O2. The van der Waals surface area contributed by atoms with Gasteiger partial charge < -0.3 is 9.64 Å². The van der Waals surface area contributed by atoms with E-state index in [0.717, 1.165) is 24.9 Å². The molecule has 1 aromatic heterocycles. The Kier molecular flexibility index (Phi) is 7.98. The number of rotatable bonds is 10. The SMILES string of the molecule is CCOCCCC(=O)N(CCc1ccccc1)Cc1ccncc1. The average Bonchev–Trinajstić information content (AvgIpc) is 2.64. The summed E-state index contributed by atoms with van der Waals surface area (Å²) in [5, 5.41) is 0. The van der Waals surface area contributed by atoms with Crippen LogP contribution >= 0.6 is 0 Å². The van der Waals surface area contributed by atoms with E-state index in [-0.39, 0.29) is 5.91 Å². The lowest BCUT2D eigenvalue weighted by atomic mass is 10.1. The van der Waals surface area contributed by atoms with E-state index in [9.17, 15) is 4.79 Å². The lowest BCUT2D eigenvalue weighted by Crippen LogP contribution is -2.32.